The lowest BCUT2D eigenvalue weighted by Crippen LogP contribution is -2.53. The Labute approximate surface area is 272 Å². The van der Waals surface area contributed by atoms with Crippen LogP contribution in [0.5, 0.6) is 11.5 Å². The second kappa shape index (κ2) is 10.6. The Kier molecular flexibility index (Phi) is 6.94. The molecule has 1 N–H and O–H groups in total. The number of hydrogen-bond donors (Lipinski definition) is 1. The number of hydrogen-bond acceptors (Lipinski definition) is 6. The van der Waals surface area contributed by atoms with Gasteiger partial charge in [0.25, 0.3) is 0 Å². The lowest BCUT2D eigenvalue weighted by atomic mass is 9.49. The number of aromatic hydroxyl groups is 1. The van der Waals surface area contributed by atoms with Gasteiger partial charge >= 0.3 is 0 Å². The summed E-state index contributed by atoms with van der Waals surface area (Å²) in [6.07, 6.45) is 2.47. The van der Waals surface area contributed by atoms with E-state index >= 15 is 4.79 Å². The van der Waals surface area contributed by atoms with Crippen molar-refractivity contribution in [3.8, 4) is 11.5 Å². The van der Waals surface area contributed by atoms with Crippen LogP contribution in [0, 0.1) is 23.7 Å². The number of phenolic OH excluding ortho intramolecular Hbond substituents is 1. The van der Waals surface area contributed by atoms with Crippen LogP contribution in [0.2, 0.25) is 5.02 Å². The monoisotopic (exact) mass is 638 g/mol. The summed E-state index contributed by atoms with van der Waals surface area (Å²) in [5.41, 5.74) is -0.0312. The molecular formula is C37H35ClN2O6. The number of halogens is 1. The number of methoxy groups -OCH3 is 1. The second-order valence-electron chi connectivity index (χ2n) is 13.7. The Bertz CT molecular complexity index is 1830. The summed E-state index contributed by atoms with van der Waals surface area (Å²) in [7, 11) is 1.52. The number of likely N-dealkylation sites (tertiary alicyclic amines) is 1. The fourth-order valence-corrected chi connectivity index (χ4v) is 8.82. The van der Waals surface area contributed by atoms with Gasteiger partial charge in [0, 0.05) is 22.0 Å². The first-order chi connectivity index (χ1) is 21.9. The topological polar surface area (TPSA) is 104 Å². The minimum absolute atomic E-state index is 0.0601. The molecule has 2 aliphatic carbocycles. The van der Waals surface area contributed by atoms with Crippen LogP contribution in [0.15, 0.2) is 84.4 Å². The average Bonchev–Trinajstić information content (AvgIpc) is 3.42. The molecule has 0 aromatic heterocycles. The van der Waals surface area contributed by atoms with E-state index in [2.05, 4.69) is 0 Å². The number of rotatable bonds is 4. The van der Waals surface area contributed by atoms with Gasteiger partial charge in [0.1, 0.15) is 11.5 Å². The molecule has 0 spiro atoms. The van der Waals surface area contributed by atoms with Gasteiger partial charge in [0.05, 0.1) is 36.0 Å². The molecule has 236 valence electrons. The van der Waals surface area contributed by atoms with Crippen molar-refractivity contribution >= 4 is 40.9 Å². The van der Waals surface area contributed by atoms with Gasteiger partial charge in [-0.1, -0.05) is 59.6 Å². The fourth-order valence-electron chi connectivity index (χ4n) is 8.64. The van der Waals surface area contributed by atoms with E-state index in [1.165, 1.54) is 23.0 Å². The van der Waals surface area contributed by atoms with Crippen LogP contribution in [0.1, 0.15) is 50.7 Å². The zero-order valence-corrected chi connectivity index (χ0v) is 26.8. The van der Waals surface area contributed by atoms with E-state index in [4.69, 9.17) is 16.3 Å². The molecule has 3 aromatic rings. The maximum atomic E-state index is 15.2. The number of benzene rings is 3. The molecule has 2 aliphatic heterocycles. The van der Waals surface area contributed by atoms with Crippen LogP contribution in [-0.2, 0) is 24.6 Å². The van der Waals surface area contributed by atoms with Gasteiger partial charge in [0.15, 0.2) is 0 Å². The second-order valence-corrected chi connectivity index (χ2v) is 14.1. The van der Waals surface area contributed by atoms with Gasteiger partial charge in [-0.2, -0.15) is 0 Å². The summed E-state index contributed by atoms with van der Waals surface area (Å²) in [5, 5.41) is 11.9. The Morgan fingerprint density at radius 1 is 0.891 bits per heavy atom. The van der Waals surface area contributed by atoms with Gasteiger partial charge in [-0.15, -0.1) is 0 Å². The normalized spacial score (nSPS) is 29.0. The Hall–Kier alpha value is -4.43. The number of carbonyl (C=O) groups excluding carboxylic acids is 4. The average molecular weight is 639 g/mol. The van der Waals surface area contributed by atoms with Crippen molar-refractivity contribution in [3.05, 3.63) is 101 Å². The minimum atomic E-state index is -1.48. The van der Waals surface area contributed by atoms with Gasteiger partial charge in [0.2, 0.25) is 23.6 Å². The number of ether oxygens (including phenoxy) is 1. The molecule has 0 bridgehead atoms. The fraction of sp³-hybridized carbons (Fsp3) is 0.351. The van der Waals surface area contributed by atoms with Crippen molar-refractivity contribution in [3.63, 3.8) is 0 Å². The molecule has 4 amide bonds. The van der Waals surface area contributed by atoms with E-state index in [0.29, 0.717) is 34.0 Å². The molecule has 0 radical (unpaired) electrons. The SMILES string of the molecule is COc1ccc(O)c(C2C3=CCC4C(=O)N(C(C)(C)C)C(=O)C4C3CC3C(=O)N(c4cccc(Cl)c4)C(=O)C32c2ccccc2)c1. The molecule has 9 heteroatoms. The highest BCUT2D eigenvalue weighted by Gasteiger charge is 2.70. The molecule has 4 aliphatic rings. The lowest BCUT2D eigenvalue weighted by molar-refractivity contribution is -0.145. The molecule has 8 nitrogen and oxygen atoms in total. The molecular weight excluding hydrogens is 604 g/mol. The number of carbonyl (C=O) groups is 4. The number of nitrogens with zero attached hydrogens (tertiary/aromatic N) is 2. The number of fused-ring (bicyclic) bond motifs is 4. The minimum Gasteiger partial charge on any atom is -0.508 e. The van der Waals surface area contributed by atoms with Gasteiger partial charge in [-0.3, -0.25) is 24.1 Å². The van der Waals surface area contributed by atoms with Crippen molar-refractivity contribution in [1.29, 1.82) is 0 Å². The zero-order chi connectivity index (χ0) is 32.7. The van der Waals surface area contributed by atoms with E-state index in [9.17, 15) is 19.5 Å². The van der Waals surface area contributed by atoms with Crippen molar-refractivity contribution in [2.45, 2.75) is 50.5 Å². The molecule has 1 saturated carbocycles. The van der Waals surface area contributed by atoms with Gasteiger partial charge in [-0.05, 0) is 81.5 Å². The van der Waals surface area contributed by atoms with Crippen molar-refractivity contribution in [2.24, 2.45) is 23.7 Å². The molecule has 6 atom stereocenters. The number of anilines is 1. The number of phenols is 1. The van der Waals surface area contributed by atoms with Crippen molar-refractivity contribution in [1.82, 2.24) is 4.90 Å². The van der Waals surface area contributed by atoms with E-state index in [1.807, 2.05) is 57.2 Å². The molecule has 3 aromatic carbocycles. The van der Waals surface area contributed by atoms with Crippen LogP contribution in [0.4, 0.5) is 5.69 Å². The molecule has 3 fully saturated rings. The lowest BCUT2D eigenvalue weighted by Gasteiger charge is -2.50. The summed E-state index contributed by atoms with van der Waals surface area (Å²) in [6, 6.07) is 20.7. The quantitative estimate of drug-likeness (QED) is 0.277. The summed E-state index contributed by atoms with van der Waals surface area (Å²) in [6.45, 7) is 5.53. The van der Waals surface area contributed by atoms with Gasteiger partial charge < -0.3 is 9.84 Å². The van der Waals surface area contributed by atoms with Crippen LogP contribution < -0.4 is 9.64 Å². The molecule has 46 heavy (non-hydrogen) atoms. The smallest absolute Gasteiger partial charge is 0.246 e. The Balaban J connectivity index is 1.52. The predicted octanol–water partition coefficient (Wildman–Crippen LogP) is 6.02. The highest BCUT2D eigenvalue weighted by Crippen LogP contribution is 2.65. The van der Waals surface area contributed by atoms with E-state index < -0.39 is 52.4 Å². The summed E-state index contributed by atoms with van der Waals surface area (Å²) < 4.78 is 5.58. The predicted molar refractivity (Wildman–Crippen MR) is 172 cm³/mol. The zero-order valence-electron chi connectivity index (χ0n) is 26.1. The highest BCUT2D eigenvalue weighted by atomic mass is 35.5. The van der Waals surface area contributed by atoms with Crippen molar-refractivity contribution < 1.29 is 29.0 Å². The molecule has 2 heterocycles. The van der Waals surface area contributed by atoms with E-state index in [0.717, 1.165) is 5.57 Å². The Morgan fingerprint density at radius 3 is 2.30 bits per heavy atom. The maximum absolute atomic E-state index is 15.2. The first kappa shape index (κ1) is 30.2. The van der Waals surface area contributed by atoms with Crippen LogP contribution in [0.25, 0.3) is 0 Å². The number of allylic oxidation sites excluding steroid dienone is 2. The number of amides is 4. The first-order valence-electron chi connectivity index (χ1n) is 15.6. The van der Waals surface area contributed by atoms with Gasteiger partial charge in [-0.25, -0.2) is 4.90 Å². The summed E-state index contributed by atoms with van der Waals surface area (Å²) in [4.78, 5) is 60.5. The molecule has 7 rings (SSSR count). The van der Waals surface area contributed by atoms with Crippen LogP contribution >= 0.6 is 11.6 Å². The van der Waals surface area contributed by atoms with E-state index in [1.54, 1.807) is 36.4 Å². The third kappa shape index (κ3) is 4.12. The maximum Gasteiger partial charge on any atom is 0.246 e. The summed E-state index contributed by atoms with van der Waals surface area (Å²) >= 11 is 6.36. The summed E-state index contributed by atoms with van der Waals surface area (Å²) in [5.74, 6) is -4.45. The number of imide groups is 2. The largest absolute Gasteiger partial charge is 0.508 e. The third-order valence-electron chi connectivity index (χ3n) is 10.4. The molecule has 2 saturated heterocycles. The first-order valence-corrected chi connectivity index (χ1v) is 15.9. The van der Waals surface area contributed by atoms with Crippen LogP contribution in [0.3, 0.4) is 0 Å². The third-order valence-corrected chi connectivity index (χ3v) is 10.6. The highest BCUT2D eigenvalue weighted by molar-refractivity contribution is 6.32. The van der Waals surface area contributed by atoms with E-state index in [-0.39, 0.29) is 24.0 Å². The standard InChI is InChI=1S/C37H35ClN2O6/c1-36(2,3)40-32(42)25-15-14-24-26(30(25)34(40)44)19-28-33(43)39(22-12-8-11-21(38)17-22)35(45)37(28,20-9-6-5-7-10-20)31(24)27-18-23(46-4)13-16-29(27)41/h5-14,16-18,25-26,28,30-31,41H,15,19H2,1-4H3. The molecule has 6 unspecified atom stereocenters. The van der Waals surface area contributed by atoms with Crippen molar-refractivity contribution in [2.75, 3.05) is 12.0 Å². The van der Waals surface area contributed by atoms with Crippen LogP contribution in [-0.4, -0.2) is 46.3 Å². The Morgan fingerprint density at radius 2 is 1.63 bits per heavy atom.